The molecular weight excluding hydrogens is 148 g/mol. The molecule has 0 aromatic carbocycles. The molecule has 0 saturated heterocycles. The molecule has 0 aliphatic carbocycles. The minimum absolute atomic E-state index is 0.472. The Labute approximate surface area is 62.6 Å². The van der Waals surface area contributed by atoms with E-state index in [0.29, 0.717) is 5.01 Å². The molecule has 0 fully saturated rings. The van der Waals surface area contributed by atoms with Crippen LogP contribution >= 0.6 is 11.3 Å². The first-order chi connectivity index (χ1) is 4.74. The number of hydrogen-bond acceptors (Lipinski definition) is 4. The Hall–Kier alpha value is -0.920. The maximum atomic E-state index is 8.93. The van der Waals surface area contributed by atoms with Crippen LogP contribution in [-0.2, 0) is 0 Å². The van der Waals surface area contributed by atoms with Gasteiger partial charge in [-0.05, 0) is 6.92 Å². The van der Waals surface area contributed by atoms with Crippen molar-refractivity contribution in [2.24, 2.45) is 0 Å². The van der Waals surface area contributed by atoms with E-state index in [1.165, 1.54) is 11.3 Å². The second-order valence-electron chi connectivity index (χ2n) is 1.84. The number of nitrogens with zero attached hydrogens (tertiary/aromatic N) is 2. The van der Waals surface area contributed by atoms with Crippen molar-refractivity contribution in [1.82, 2.24) is 4.98 Å². The molecule has 0 radical (unpaired) electrons. The third-order valence-corrected chi connectivity index (χ3v) is 1.96. The zero-order valence-corrected chi connectivity index (χ0v) is 6.22. The summed E-state index contributed by atoms with van der Waals surface area (Å²) in [5.41, 5.74) is 0. The summed E-state index contributed by atoms with van der Waals surface area (Å²) in [6.07, 6.45) is 0.583. The van der Waals surface area contributed by atoms with E-state index in [4.69, 9.17) is 10.4 Å². The normalized spacial score (nSPS) is 12.5. The van der Waals surface area contributed by atoms with Crippen LogP contribution in [0.2, 0.25) is 0 Å². The molecule has 1 unspecified atom stereocenters. The SMILES string of the molecule is Cc1cnc(C(O)C#N)s1. The molecule has 0 saturated carbocycles. The third-order valence-electron chi connectivity index (χ3n) is 0.995. The highest BCUT2D eigenvalue weighted by Gasteiger charge is 2.08. The number of thiazole rings is 1. The van der Waals surface area contributed by atoms with E-state index in [1.807, 2.05) is 6.92 Å². The molecule has 0 amide bonds. The minimum Gasteiger partial charge on any atom is -0.372 e. The lowest BCUT2D eigenvalue weighted by atomic mass is 10.4. The Balaban J connectivity index is 2.87. The zero-order valence-electron chi connectivity index (χ0n) is 5.40. The van der Waals surface area contributed by atoms with E-state index in [1.54, 1.807) is 12.3 Å². The third kappa shape index (κ3) is 1.32. The zero-order chi connectivity index (χ0) is 7.56. The lowest BCUT2D eigenvalue weighted by Gasteiger charge is -1.90. The van der Waals surface area contributed by atoms with Gasteiger partial charge < -0.3 is 5.11 Å². The second-order valence-corrected chi connectivity index (χ2v) is 3.11. The van der Waals surface area contributed by atoms with Gasteiger partial charge in [-0.15, -0.1) is 11.3 Å². The van der Waals surface area contributed by atoms with Gasteiger partial charge in [-0.2, -0.15) is 5.26 Å². The van der Waals surface area contributed by atoms with Gasteiger partial charge in [0.2, 0.25) is 0 Å². The molecule has 1 N–H and O–H groups in total. The highest BCUT2D eigenvalue weighted by molar-refractivity contribution is 7.11. The van der Waals surface area contributed by atoms with Crippen LogP contribution in [0.3, 0.4) is 0 Å². The van der Waals surface area contributed by atoms with Gasteiger partial charge in [0, 0.05) is 11.1 Å². The summed E-state index contributed by atoms with van der Waals surface area (Å²) in [5, 5.41) is 17.7. The second kappa shape index (κ2) is 2.78. The fraction of sp³-hybridized carbons (Fsp3) is 0.333. The summed E-state index contributed by atoms with van der Waals surface area (Å²) in [7, 11) is 0. The number of nitriles is 1. The van der Waals surface area contributed by atoms with Crippen LogP contribution < -0.4 is 0 Å². The van der Waals surface area contributed by atoms with E-state index in [-0.39, 0.29) is 0 Å². The van der Waals surface area contributed by atoms with Gasteiger partial charge in [-0.25, -0.2) is 4.98 Å². The van der Waals surface area contributed by atoms with Crippen LogP contribution in [0.25, 0.3) is 0 Å². The maximum Gasteiger partial charge on any atom is 0.192 e. The van der Waals surface area contributed by atoms with Gasteiger partial charge in [-0.3, -0.25) is 0 Å². The number of aromatic nitrogens is 1. The Kier molecular flexibility index (Phi) is 2.00. The first kappa shape index (κ1) is 7.19. The average Bonchev–Trinajstić information content (AvgIpc) is 2.34. The predicted octanol–water partition coefficient (Wildman–Crippen LogP) is 1.01. The molecule has 1 aromatic heterocycles. The smallest absolute Gasteiger partial charge is 0.192 e. The van der Waals surface area contributed by atoms with Gasteiger partial charge in [0.15, 0.2) is 6.10 Å². The monoisotopic (exact) mass is 154 g/mol. The van der Waals surface area contributed by atoms with Crippen LogP contribution in [0.1, 0.15) is 16.0 Å². The highest BCUT2D eigenvalue weighted by atomic mass is 32.1. The van der Waals surface area contributed by atoms with Crippen molar-refractivity contribution in [3.63, 3.8) is 0 Å². The van der Waals surface area contributed by atoms with E-state index in [9.17, 15) is 0 Å². The minimum atomic E-state index is -1.06. The standard InChI is InChI=1S/C6H6N2OS/c1-4-3-8-6(10-4)5(9)2-7/h3,5,9H,1H3. The van der Waals surface area contributed by atoms with Crippen LogP contribution in [-0.4, -0.2) is 10.1 Å². The van der Waals surface area contributed by atoms with Gasteiger partial charge in [-0.1, -0.05) is 0 Å². The molecule has 0 bridgehead atoms. The van der Waals surface area contributed by atoms with Crippen LogP contribution in [0.15, 0.2) is 6.20 Å². The van der Waals surface area contributed by atoms with Gasteiger partial charge in [0.1, 0.15) is 11.1 Å². The fourth-order valence-corrected chi connectivity index (χ4v) is 1.26. The Morgan fingerprint density at radius 1 is 1.90 bits per heavy atom. The number of aryl methyl sites for hydroxylation is 1. The largest absolute Gasteiger partial charge is 0.372 e. The van der Waals surface area contributed by atoms with Crippen molar-refractivity contribution < 1.29 is 5.11 Å². The van der Waals surface area contributed by atoms with Crippen molar-refractivity contribution in [2.45, 2.75) is 13.0 Å². The highest BCUT2D eigenvalue weighted by Crippen LogP contribution is 2.17. The predicted molar refractivity (Wildman–Crippen MR) is 37.4 cm³/mol. The molecule has 4 heteroatoms. The van der Waals surface area contributed by atoms with Gasteiger partial charge >= 0.3 is 0 Å². The topological polar surface area (TPSA) is 56.9 Å². The lowest BCUT2D eigenvalue weighted by molar-refractivity contribution is 0.235. The summed E-state index contributed by atoms with van der Waals surface area (Å²) in [5.74, 6) is 0. The summed E-state index contributed by atoms with van der Waals surface area (Å²) in [6.45, 7) is 1.88. The first-order valence-corrected chi connectivity index (χ1v) is 3.55. The van der Waals surface area contributed by atoms with Crippen molar-refractivity contribution in [3.8, 4) is 6.07 Å². The Bertz CT molecular complexity index is 263. The molecule has 52 valence electrons. The molecule has 1 heterocycles. The van der Waals surface area contributed by atoms with Crippen molar-refractivity contribution in [2.75, 3.05) is 0 Å². The molecule has 1 rings (SSSR count). The molecule has 1 aromatic rings. The number of hydrogen-bond donors (Lipinski definition) is 1. The molecule has 10 heavy (non-hydrogen) atoms. The molecular formula is C6H6N2OS. The Morgan fingerprint density at radius 3 is 3.00 bits per heavy atom. The molecule has 0 aliphatic rings. The summed E-state index contributed by atoms with van der Waals surface area (Å²) < 4.78 is 0. The lowest BCUT2D eigenvalue weighted by Crippen LogP contribution is -1.90. The average molecular weight is 154 g/mol. The summed E-state index contributed by atoms with van der Waals surface area (Å²) >= 11 is 1.34. The van der Waals surface area contributed by atoms with Gasteiger partial charge in [0.05, 0.1) is 0 Å². The molecule has 0 aliphatic heterocycles. The summed E-state index contributed by atoms with van der Waals surface area (Å²) in [6, 6.07) is 1.70. The van der Waals surface area contributed by atoms with E-state index < -0.39 is 6.10 Å². The maximum absolute atomic E-state index is 8.93. The fourth-order valence-electron chi connectivity index (χ4n) is 0.554. The van der Waals surface area contributed by atoms with Crippen molar-refractivity contribution in [1.29, 1.82) is 5.26 Å². The van der Waals surface area contributed by atoms with E-state index in [0.717, 1.165) is 4.88 Å². The van der Waals surface area contributed by atoms with E-state index >= 15 is 0 Å². The van der Waals surface area contributed by atoms with Crippen LogP contribution in [0, 0.1) is 18.3 Å². The summed E-state index contributed by atoms with van der Waals surface area (Å²) in [4.78, 5) is 4.84. The van der Waals surface area contributed by atoms with Crippen LogP contribution in [0.4, 0.5) is 0 Å². The number of aliphatic hydroxyl groups is 1. The Morgan fingerprint density at radius 2 is 2.60 bits per heavy atom. The number of aliphatic hydroxyl groups excluding tert-OH is 1. The van der Waals surface area contributed by atoms with Crippen LogP contribution in [0.5, 0.6) is 0 Å². The molecule has 0 spiro atoms. The first-order valence-electron chi connectivity index (χ1n) is 2.74. The van der Waals surface area contributed by atoms with E-state index in [2.05, 4.69) is 4.98 Å². The van der Waals surface area contributed by atoms with Crippen molar-refractivity contribution in [3.05, 3.63) is 16.1 Å². The van der Waals surface area contributed by atoms with Crippen molar-refractivity contribution >= 4 is 11.3 Å². The molecule has 1 atom stereocenters. The quantitative estimate of drug-likeness (QED) is 0.614. The molecule has 3 nitrogen and oxygen atoms in total. The van der Waals surface area contributed by atoms with Gasteiger partial charge in [0.25, 0.3) is 0 Å². The number of rotatable bonds is 1.